The highest BCUT2D eigenvalue weighted by Gasteiger charge is 2.49. The molecular formula is C120H76O8P4S4. The van der Waals surface area contributed by atoms with E-state index < -0.39 is 24.2 Å². The fraction of sp³-hybridized carbons (Fsp3) is 0. The van der Waals surface area contributed by atoms with E-state index in [-0.39, 0.29) is 0 Å². The Labute approximate surface area is 808 Å². The number of benzene rings is 20. The summed E-state index contributed by atoms with van der Waals surface area (Å²) in [6, 6.07) is 149. The Bertz CT molecular complexity index is 8210. The zero-order chi connectivity index (χ0) is 90.8. The van der Waals surface area contributed by atoms with Gasteiger partial charge in [-0.05, 0) is 200 Å². The van der Waals surface area contributed by atoms with Crippen LogP contribution in [0.15, 0.2) is 461 Å². The first-order chi connectivity index (χ1) is 66.9. The minimum atomic E-state index is -2.43. The number of para-hydroxylation sites is 4. The minimum absolute atomic E-state index is 0.799. The largest absolute Gasteiger partial charge is 0.456 e. The van der Waals surface area contributed by atoms with Gasteiger partial charge in [0.25, 0.3) is 0 Å². The van der Waals surface area contributed by atoms with Crippen LogP contribution in [0.1, 0.15) is 0 Å². The number of ether oxygens (including phenoxy) is 8. The van der Waals surface area contributed by atoms with Crippen molar-refractivity contribution in [3.63, 3.8) is 0 Å². The number of fused-ring (bicyclic) bond motifs is 16. The molecule has 0 aromatic heterocycles. The van der Waals surface area contributed by atoms with Gasteiger partial charge in [0.15, 0.2) is 0 Å². The monoisotopic (exact) mass is 1900 g/mol. The van der Waals surface area contributed by atoms with Crippen molar-refractivity contribution in [2.75, 3.05) is 0 Å². The van der Waals surface area contributed by atoms with E-state index in [0.29, 0.717) is 0 Å². The Kier molecular flexibility index (Phi) is 20.7. The Morgan fingerprint density at radius 3 is 0.713 bits per heavy atom. The van der Waals surface area contributed by atoms with Crippen LogP contribution < -0.4 is 102 Å². The SMILES string of the molecule is S=P12c3cc(-c4ccccc4)ccc3Oc3ccc(-c4ccccc4)c(c31)Oc1ccccc12.S=P12c3cc(-c4ccccc4)ccc3Oc3cccc(c31)Oc1c(-c3ccccc3)cccc12.S=P12c3ccc(-c4ccccc4)cc3Oc3cccc(c31)Oc1c(-c3ccccc3)cccc12.S=P12c3ccccc3Oc3ccc(-c4ccccc4)c(c31)Oc1ccc(-c3ccccc3)cc12. The molecule has 0 saturated heterocycles. The number of hydrogen-bond acceptors (Lipinski definition) is 12. The highest BCUT2D eigenvalue weighted by atomic mass is 32.5. The molecule has 0 N–H and O–H groups in total. The third-order valence-electron chi connectivity index (χ3n) is 26.1. The van der Waals surface area contributed by atoms with E-state index in [1.54, 1.807) is 0 Å². The van der Waals surface area contributed by atoms with Crippen LogP contribution in [-0.4, -0.2) is 0 Å². The van der Waals surface area contributed by atoms with Crippen molar-refractivity contribution in [1.82, 2.24) is 0 Å². The summed E-state index contributed by atoms with van der Waals surface area (Å²) in [6.45, 7) is 0. The van der Waals surface area contributed by atoms with Crippen molar-refractivity contribution < 1.29 is 37.9 Å². The van der Waals surface area contributed by atoms with Gasteiger partial charge in [-0.1, -0.05) is 375 Å². The zero-order valence-corrected chi connectivity index (χ0v) is 79.4. The van der Waals surface area contributed by atoms with Gasteiger partial charge in [0.05, 0.1) is 45.4 Å². The Morgan fingerprint density at radius 2 is 0.346 bits per heavy atom. The molecule has 20 aromatic rings. The Balaban J connectivity index is 0.0000000965. The van der Waals surface area contributed by atoms with Crippen LogP contribution >= 0.6 is 24.2 Å². The topological polar surface area (TPSA) is 73.8 Å². The molecule has 16 heteroatoms. The predicted molar refractivity (Wildman–Crippen MR) is 574 cm³/mol. The molecule has 28 rings (SSSR count). The average Bonchev–Trinajstić information content (AvgIpc) is 0.705. The molecule has 8 aliphatic rings. The lowest BCUT2D eigenvalue weighted by Crippen LogP contribution is -2.35. The molecule has 0 bridgehead atoms. The van der Waals surface area contributed by atoms with Crippen molar-refractivity contribution in [2.24, 2.45) is 0 Å². The van der Waals surface area contributed by atoms with E-state index in [0.717, 1.165) is 245 Å². The summed E-state index contributed by atoms with van der Waals surface area (Å²) in [5, 5.41) is 12.7. The number of rotatable bonds is 8. The third kappa shape index (κ3) is 13.7. The minimum Gasteiger partial charge on any atom is -0.456 e. The molecule has 8 aliphatic heterocycles. The highest BCUT2D eigenvalue weighted by molar-refractivity contribution is 8.27. The zero-order valence-electron chi connectivity index (χ0n) is 72.6. The van der Waals surface area contributed by atoms with Gasteiger partial charge < -0.3 is 37.9 Å². The molecule has 20 aromatic carbocycles. The molecule has 0 spiro atoms. The maximum absolute atomic E-state index is 6.73. The smallest absolute Gasteiger partial charge is 0.148 e. The van der Waals surface area contributed by atoms with Gasteiger partial charge in [0.1, 0.15) is 92.0 Å². The second-order valence-electron chi connectivity index (χ2n) is 33.9. The van der Waals surface area contributed by atoms with Crippen LogP contribution in [0.3, 0.4) is 0 Å². The summed E-state index contributed by atoms with van der Waals surface area (Å²) in [5.74, 6) is 13.2. The van der Waals surface area contributed by atoms with Gasteiger partial charge in [0.2, 0.25) is 0 Å². The van der Waals surface area contributed by atoms with Crippen molar-refractivity contribution in [2.45, 2.75) is 0 Å². The maximum Gasteiger partial charge on any atom is 0.148 e. The predicted octanol–water partition coefficient (Wildman–Crippen LogP) is 28.0. The maximum atomic E-state index is 6.73. The van der Waals surface area contributed by atoms with Gasteiger partial charge in [-0.2, -0.15) is 0 Å². The molecule has 0 fully saturated rings. The van der Waals surface area contributed by atoms with Gasteiger partial charge in [-0.15, -0.1) is 0 Å². The Morgan fingerprint density at radius 1 is 0.125 bits per heavy atom. The molecule has 136 heavy (non-hydrogen) atoms. The van der Waals surface area contributed by atoms with E-state index in [1.165, 1.54) is 0 Å². The molecule has 0 radical (unpaired) electrons. The molecule has 0 amide bonds. The second kappa shape index (κ2) is 33.8. The quantitative estimate of drug-likeness (QED) is 0.136. The first-order valence-corrected chi connectivity index (χ1v) is 56.1. The molecule has 0 aliphatic carbocycles. The van der Waals surface area contributed by atoms with Crippen LogP contribution in [0.4, 0.5) is 0 Å². The van der Waals surface area contributed by atoms with Crippen LogP contribution in [0.5, 0.6) is 92.0 Å². The van der Waals surface area contributed by atoms with Crippen LogP contribution in [-0.2, 0) is 47.2 Å². The molecule has 8 heterocycles. The van der Waals surface area contributed by atoms with E-state index >= 15 is 0 Å². The fourth-order valence-electron chi connectivity index (χ4n) is 19.8. The van der Waals surface area contributed by atoms with E-state index in [9.17, 15) is 0 Å². The summed E-state index contributed by atoms with van der Waals surface area (Å²) in [6.07, 6.45) is 0. The normalized spacial score (nSPS) is 16.9. The average molecular weight is 1900 g/mol. The molecule has 648 valence electrons. The molecule has 4 unspecified atom stereocenters. The van der Waals surface area contributed by atoms with E-state index in [2.05, 4.69) is 315 Å². The first kappa shape index (κ1) is 83.2. The van der Waals surface area contributed by atoms with E-state index in [1.807, 2.05) is 146 Å². The first-order valence-electron chi connectivity index (χ1n) is 44.9. The van der Waals surface area contributed by atoms with Crippen LogP contribution in [0, 0.1) is 0 Å². The summed E-state index contributed by atoms with van der Waals surface area (Å²) in [4.78, 5) is 0. The fourth-order valence-corrected chi connectivity index (χ4v) is 37.8. The van der Waals surface area contributed by atoms with Crippen LogP contribution in [0.25, 0.3) is 89.0 Å². The molecule has 8 nitrogen and oxygen atoms in total. The number of hydrogen-bond donors (Lipinski definition) is 0. The van der Waals surface area contributed by atoms with Crippen molar-refractivity contribution in [1.29, 1.82) is 0 Å². The van der Waals surface area contributed by atoms with Gasteiger partial charge in [-0.3, -0.25) is 0 Å². The third-order valence-corrected chi connectivity index (χ3v) is 45.6. The molecular weight excluding hydrogens is 1820 g/mol. The van der Waals surface area contributed by atoms with E-state index in [4.69, 9.17) is 85.1 Å². The van der Waals surface area contributed by atoms with Gasteiger partial charge in [0, 0.05) is 64.7 Å². The van der Waals surface area contributed by atoms with Crippen LogP contribution in [0.2, 0.25) is 0 Å². The summed E-state index contributed by atoms with van der Waals surface area (Å²) >= 11 is 26.9. The summed E-state index contributed by atoms with van der Waals surface area (Å²) < 4.78 is 52.1. The second-order valence-corrected chi connectivity index (χ2v) is 51.0. The lowest BCUT2D eigenvalue weighted by Gasteiger charge is -2.38. The molecule has 4 atom stereocenters. The summed E-state index contributed by atoms with van der Waals surface area (Å²) in [5.41, 5.74) is 17.8. The van der Waals surface area contributed by atoms with Crippen molar-refractivity contribution in [3.8, 4) is 181 Å². The standard InChI is InChI=1S/4C30H19O2PS/c34-33-27-16-7-13-23(21-11-5-2-6-12-21)29(27)32-26-15-8-14-25(30(26)33)31-24-18-17-22(19-28(24)33)20-9-3-1-4-10-20;34-33-27-18-17-22(20-9-3-1-4-10-20)19-26(27)31-24-14-8-15-25(30(24)33)32-29-23(13-7-16-28(29)33)21-11-5-2-6-12-21;34-33-27-14-8-7-13-24(27)32-29-23(21-11-5-2-6-12-21)16-18-26(30(29)33)31-25-17-15-22(19-28(25)33)20-9-3-1-4-10-20;34-33-27-14-8-7-13-24(27)31-26-18-16-23(21-11-5-2-6-12-21)29(30(26)33)32-25-17-15-22(19-28(25)33)20-9-3-1-4-10-20/h4*1-19H. The van der Waals surface area contributed by atoms with Crippen molar-refractivity contribution >= 4 is 135 Å². The van der Waals surface area contributed by atoms with Crippen molar-refractivity contribution in [3.05, 3.63) is 461 Å². The summed E-state index contributed by atoms with van der Waals surface area (Å²) in [7, 11) is 0. The van der Waals surface area contributed by atoms with Gasteiger partial charge >= 0.3 is 0 Å². The Hall–Kier alpha value is -14.6. The molecule has 0 saturated carbocycles. The highest BCUT2D eigenvalue weighted by Crippen LogP contribution is 2.66. The lowest BCUT2D eigenvalue weighted by atomic mass is 10.0. The lowest BCUT2D eigenvalue weighted by molar-refractivity contribution is 0.467. The van der Waals surface area contributed by atoms with Gasteiger partial charge in [-0.25, -0.2) is 0 Å².